The minimum atomic E-state index is -0.356. The summed E-state index contributed by atoms with van der Waals surface area (Å²) in [5.41, 5.74) is 0. The zero-order valence-electron chi connectivity index (χ0n) is 14.6. The molecular weight excluding hydrogens is 308 g/mol. The van der Waals surface area contributed by atoms with Gasteiger partial charge in [-0.25, -0.2) is 0 Å². The van der Waals surface area contributed by atoms with Gasteiger partial charge in [0.1, 0.15) is 5.75 Å². The Hall–Kier alpha value is -2.56. The third kappa shape index (κ3) is 3.67. The number of rotatable bonds is 5. The number of carbonyl (C=O) groups is 2. The van der Waals surface area contributed by atoms with Gasteiger partial charge in [0.05, 0.1) is 18.9 Å². The van der Waals surface area contributed by atoms with Crippen molar-refractivity contribution in [3.05, 3.63) is 30.3 Å². The number of hydrogen-bond acceptors (Lipinski definition) is 5. The van der Waals surface area contributed by atoms with Crippen LogP contribution in [0.5, 0.6) is 17.2 Å². The fraction of sp³-hybridized carbons (Fsp3) is 0.368. The lowest BCUT2D eigenvalue weighted by Gasteiger charge is -2.16. The molecular formula is C19H22O5. The lowest BCUT2D eigenvalue weighted by Crippen LogP contribution is -2.17. The van der Waals surface area contributed by atoms with Gasteiger partial charge in [0.15, 0.2) is 11.5 Å². The molecule has 0 aliphatic heterocycles. The highest BCUT2D eigenvalue weighted by Gasteiger charge is 2.21. The van der Waals surface area contributed by atoms with Gasteiger partial charge >= 0.3 is 11.9 Å². The van der Waals surface area contributed by atoms with E-state index in [1.165, 1.54) is 7.11 Å². The van der Waals surface area contributed by atoms with E-state index >= 15 is 0 Å². The van der Waals surface area contributed by atoms with Crippen molar-refractivity contribution >= 4 is 22.7 Å². The average molecular weight is 330 g/mol. The third-order valence-electron chi connectivity index (χ3n) is 3.50. The lowest BCUT2D eigenvalue weighted by atomic mass is 10.1. The van der Waals surface area contributed by atoms with Gasteiger partial charge in [-0.05, 0) is 0 Å². The van der Waals surface area contributed by atoms with Gasteiger partial charge in [-0.15, -0.1) is 0 Å². The van der Waals surface area contributed by atoms with Crippen molar-refractivity contribution in [2.75, 3.05) is 7.11 Å². The van der Waals surface area contributed by atoms with E-state index in [1.807, 2.05) is 18.2 Å². The number of fused-ring (bicyclic) bond motifs is 1. The normalized spacial score (nSPS) is 11.0. The standard InChI is InChI=1S/C19H22O5/c1-11(2)18(20)23-15-10-16(22-5)17(24-19(21)12(3)4)14-9-7-6-8-13(14)15/h6-12H,1-5H3. The molecule has 0 atom stereocenters. The maximum atomic E-state index is 12.0. The van der Waals surface area contributed by atoms with Crippen molar-refractivity contribution in [2.45, 2.75) is 27.7 Å². The van der Waals surface area contributed by atoms with Crippen LogP contribution in [0.1, 0.15) is 27.7 Å². The molecule has 5 heteroatoms. The van der Waals surface area contributed by atoms with E-state index in [1.54, 1.807) is 39.8 Å². The predicted molar refractivity (Wildman–Crippen MR) is 91.4 cm³/mol. The van der Waals surface area contributed by atoms with E-state index in [-0.39, 0.29) is 23.8 Å². The summed E-state index contributed by atoms with van der Waals surface area (Å²) in [6, 6.07) is 8.83. The van der Waals surface area contributed by atoms with Crippen LogP contribution in [0.4, 0.5) is 0 Å². The Morgan fingerprint density at radius 3 is 1.92 bits per heavy atom. The summed E-state index contributed by atoms with van der Waals surface area (Å²) in [5, 5.41) is 1.33. The summed E-state index contributed by atoms with van der Waals surface area (Å²) in [7, 11) is 1.48. The van der Waals surface area contributed by atoms with E-state index in [9.17, 15) is 9.59 Å². The second-order valence-electron chi connectivity index (χ2n) is 6.10. The number of hydrogen-bond donors (Lipinski definition) is 0. The fourth-order valence-corrected chi connectivity index (χ4v) is 2.08. The van der Waals surface area contributed by atoms with E-state index < -0.39 is 0 Å². The molecule has 24 heavy (non-hydrogen) atoms. The van der Waals surface area contributed by atoms with Gasteiger partial charge in [0.25, 0.3) is 0 Å². The van der Waals surface area contributed by atoms with Crippen molar-refractivity contribution in [1.29, 1.82) is 0 Å². The zero-order valence-corrected chi connectivity index (χ0v) is 14.6. The predicted octanol–water partition coefficient (Wildman–Crippen LogP) is 3.97. The molecule has 0 unspecified atom stereocenters. The Morgan fingerprint density at radius 2 is 1.38 bits per heavy atom. The number of ether oxygens (including phenoxy) is 3. The summed E-state index contributed by atoms with van der Waals surface area (Å²) in [6.07, 6.45) is 0. The van der Waals surface area contributed by atoms with Gasteiger partial charge in [-0.3, -0.25) is 9.59 Å². The highest BCUT2D eigenvalue weighted by molar-refractivity contribution is 5.98. The smallest absolute Gasteiger partial charge is 0.313 e. The minimum Gasteiger partial charge on any atom is -0.493 e. The molecule has 5 nitrogen and oxygen atoms in total. The molecule has 0 saturated carbocycles. The Morgan fingerprint density at radius 1 is 0.833 bits per heavy atom. The molecule has 128 valence electrons. The average Bonchev–Trinajstić information content (AvgIpc) is 2.56. The van der Waals surface area contributed by atoms with Crippen LogP contribution >= 0.6 is 0 Å². The number of methoxy groups -OCH3 is 1. The Labute approximate surface area is 141 Å². The molecule has 0 aliphatic carbocycles. The lowest BCUT2D eigenvalue weighted by molar-refractivity contribution is -0.138. The second kappa shape index (κ2) is 7.34. The van der Waals surface area contributed by atoms with E-state index in [0.29, 0.717) is 28.0 Å². The van der Waals surface area contributed by atoms with Crippen LogP contribution in [-0.2, 0) is 9.59 Å². The molecule has 0 aromatic heterocycles. The topological polar surface area (TPSA) is 61.8 Å². The van der Waals surface area contributed by atoms with Gasteiger partial charge in [0, 0.05) is 16.8 Å². The SMILES string of the molecule is COc1cc(OC(=O)C(C)C)c2ccccc2c1OC(=O)C(C)C. The van der Waals surface area contributed by atoms with Crippen molar-refractivity contribution < 1.29 is 23.8 Å². The quantitative estimate of drug-likeness (QED) is 0.613. The fourth-order valence-electron chi connectivity index (χ4n) is 2.08. The molecule has 2 rings (SSSR count). The molecule has 0 heterocycles. The maximum absolute atomic E-state index is 12.0. The van der Waals surface area contributed by atoms with E-state index in [2.05, 4.69) is 0 Å². The van der Waals surface area contributed by atoms with Crippen molar-refractivity contribution in [1.82, 2.24) is 0 Å². The molecule has 0 aliphatic rings. The first-order valence-corrected chi connectivity index (χ1v) is 7.88. The van der Waals surface area contributed by atoms with Gasteiger partial charge in [-0.1, -0.05) is 52.0 Å². The molecule has 0 fully saturated rings. The van der Waals surface area contributed by atoms with Crippen molar-refractivity contribution in [3.8, 4) is 17.2 Å². The van der Waals surface area contributed by atoms with Crippen LogP contribution < -0.4 is 14.2 Å². The van der Waals surface area contributed by atoms with Crippen LogP contribution in [-0.4, -0.2) is 19.0 Å². The molecule has 0 spiro atoms. The minimum absolute atomic E-state index is 0.256. The van der Waals surface area contributed by atoms with Gasteiger partial charge in [-0.2, -0.15) is 0 Å². The van der Waals surface area contributed by atoms with Crippen LogP contribution in [0.3, 0.4) is 0 Å². The molecule has 0 amide bonds. The molecule has 0 radical (unpaired) electrons. The number of carbonyl (C=O) groups excluding carboxylic acids is 2. The molecule has 2 aromatic carbocycles. The van der Waals surface area contributed by atoms with E-state index in [4.69, 9.17) is 14.2 Å². The largest absolute Gasteiger partial charge is 0.493 e. The second-order valence-corrected chi connectivity index (χ2v) is 6.10. The van der Waals surface area contributed by atoms with Crippen LogP contribution in [0, 0.1) is 11.8 Å². The first kappa shape index (κ1) is 17.8. The van der Waals surface area contributed by atoms with Crippen molar-refractivity contribution in [2.24, 2.45) is 11.8 Å². The molecule has 2 aromatic rings. The number of esters is 2. The summed E-state index contributed by atoms with van der Waals surface area (Å²) < 4.78 is 16.3. The summed E-state index contributed by atoms with van der Waals surface area (Å²) in [5.74, 6) is -0.171. The van der Waals surface area contributed by atoms with Crippen molar-refractivity contribution in [3.63, 3.8) is 0 Å². The Balaban J connectivity index is 2.59. The number of benzene rings is 2. The molecule has 0 bridgehead atoms. The first-order valence-electron chi connectivity index (χ1n) is 7.88. The first-order chi connectivity index (χ1) is 11.3. The highest BCUT2D eigenvalue weighted by atomic mass is 16.6. The van der Waals surface area contributed by atoms with Gasteiger partial charge in [0.2, 0.25) is 0 Å². The summed E-state index contributed by atoms with van der Waals surface area (Å²) >= 11 is 0. The van der Waals surface area contributed by atoms with Crippen LogP contribution in [0.2, 0.25) is 0 Å². The van der Waals surface area contributed by atoms with E-state index in [0.717, 1.165) is 0 Å². The Bertz CT molecular complexity index is 762. The van der Waals surface area contributed by atoms with Crippen LogP contribution in [0.15, 0.2) is 30.3 Å². The van der Waals surface area contributed by atoms with Crippen LogP contribution in [0.25, 0.3) is 10.8 Å². The monoisotopic (exact) mass is 330 g/mol. The molecule has 0 saturated heterocycles. The third-order valence-corrected chi connectivity index (χ3v) is 3.50. The summed E-state index contributed by atoms with van der Waals surface area (Å²) in [6.45, 7) is 7.05. The highest BCUT2D eigenvalue weighted by Crippen LogP contribution is 2.42. The Kier molecular flexibility index (Phi) is 5.44. The summed E-state index contributed by atoms with van der Waals surface area (Å²) in [4.78, 5) is 24.0. The maximum Gasteiger partial charge on any atom is 0.313 e. The van der Waals surface area contributed by atoms with Gasteiger partial charge < -0.3 is 14.2 Å². The zero-order chi connectivity index (χ0) is 17.9. The molecule has 0 N–H and O–H groups in total.